The lowest BCUT2D eigenvalue weighted by Crippen LogP contribution is -2.07. The van der Waals surface area contributed by atoms with Crippen LogP contribution in [0.25, 0.3) is 22.1 Å². The molecule has 0 aliphatic rings. The molecule has 0 fully saturated rings. The summed E-state index contributed by atoms with van der Waals surface area (Å²) >= 11 is 12.1. The molecule has 6 heteroatoms. The summed E-state index contributed by atoms with van der Waals surface area (Å²) in [5.41, 5.74) is 2.50. The maximum Gasteiger partial charge on any atom is 0.200 e. The Bertz CT molecular complexity index is 1280. The van der Waals surface area contributed by atoms with Gasteiger partial charge in [0.05, 0.1) is 18.1 Å². The van der Waals surface area contributed by atoms with Crippen molar-refractivity contribution < 1.29 is 13.9 Å². The zero-order valence-corrected chi connectivity index (χ0v) is 17.9. The third kappa shape index (κ3) is 4.02. The lowest BCUT2D eigenvalue weighted by molar-refractivity contribution is 0.306. The molecule has 4 nitrogen and oxygen atoms in total. The van der Waals surface area contributed by atoms with Gasteiger partial charge in [0.2, 0.25) is 5.43 Å². The van der Waals surface area contributed by atoms with Gasteiger partial charge in [0.25, 0.3) is 0 Å². The van der Waals surface area contributed by atoms with Crippen LogP contribution in [-0.2, 0) is 6.61 Å². The van der Waals surface area contributed by atoms with Gasteiger partial charge in [-0.1, -0.05) is 41.4 Å². The summed E-state index contributed by atoms with van der Waals surface area (Å²) in [4.78, 5) is 13.1. The normalized spacial score (nSPS) is 10.9. The third-order valence-corrected chi connectivity index (χ3v) is 5.41. The van der Waals surface area contributed by atoms with Crippen LogP contribution in [0.15, 0.2) is 69.9 Å². The van der Waals surface area contributed by atoms with E-state index in [4.69, 9.17) is 37.1 Å². The second-order valence-corrected chi connectivity index (χ2v) is 7.62. The summed E-state index contributed by atoms with van der Waals surface area (Å²) in [7, 11) is 1.60. The van der Waals surface area contributed by atoms with Crippen molar-refractivity contribution in [2.75, 3.05) is 7.11 Å². The van der Waals surface area contributed by atoms with E-state index in [1.807, 2.05) is 30.3 Å². The molecule has 4 aromatic rings. The van der Waals surface area contributed by atoms with Crippen LogP contribution in [-0.4, -0.2) is 7.11 Å². The summed E-state index contributed by atoms with van der Waals surface area (Å²) < 4.78 is 17.0. The number of methoxy groups -OCH3 is 1. The fraction of sp³-hybridized carbons (Fsp3) is 0.125. The fourth-order valence-corrected chi connectivity index (χ4v) is 3.73. The second kappa shape index (κ2) is 8.42. The van der Waals surface area contributed by atoms with Gasteiger partial charge in [-0.3, -0.25) is 4.79 Å². The smallest absolute Gasteiger partial charge is 0.200 e. The molecule has 3 aromatic carbocycles. The van der Waals surface area contributed by atoms with E-state index in [9.17, 15) is 4.79 Å². The molecule has 0 saturated heterocycles. The maximum absolute atomic E-state index is 13.1. The van der Waals surface area contributed by atoms with Gasteiger partial charge in [0.1, 0.15) is 29.4 Å². The predicted octanol–water partition coefficient (Wildman–Crippen LogP) is 6.66. The summed E-state index contributed by atoms with van der Waals surface area (Å²) in [6, 6.07) is 17.7. The van der Waals surface area contributed by atoms with Crippen LogP contribution in [0.4, 0.5) is 0 Å². The van der Waals surface area contributed by atoms with Crippen LogP contribution in [0.5, 0.6) is 11.5 Å². The van der Waals surface area contributed by atoms with Gasteiger partial charge in [-0.2, -0.15) is 0 Å². The van der Waals surface area contributed by atoms with Gasteiger partial charge in [0, 0.05) is 21.7 Å². The minimum atomic E-state index is -0.0915. The Morgan fingerprint density at radius 2 is 1.67 bits per heavy atom. The van der Waals surface area contributed by atoms with Crippen LogP contribution in [0.3, 0.4) is 0 Å². The minimum absolute atomic E-state index is 0.0915. The minimum Gasteiger partial charge on any atom is -0.497 e. The molecule has 1 heterocycles. The Kier molecular flexibility index (Phi) is 5.71. The molecular weight excluding hydrogens is 423 g/mol. The van der Waals surface area contributed by atoms with Gasteiger partial charge in [0.15, 0.2) is 0 Å². The molecule has 0 radical (unpaired) electrons. The topological polar surface area (TPSA) is 48.7 Å². The lowest BCUT2D eigenvalue weighted by Gasteiger charge is -2.11. The van der Waals surface area contributed by atoms with Crippen molar-refractivity contribution in [2.45, 2.75) is 13.5 Å². The molecule has 4 rings (SSSR count). The Balaban J connectivity index is 1.66. The van der Waals surface area contributed by atoms with E-state index >= 15 is 0 Å². The van der Waals surface area contributed by atoms with Crippen LogP contribution in [0.2, 0.25) is 10.0 Å². The summed E-state index contributed by atoms with van der Waals surface area (Å²) in [6.45, 7) is 2.05. The van der Waals surface area contributed by atoms with Gasteiger partial charge in [-0.25, -0.2) is 0 Å². The molecule has 0 saturated carbocycles. The molecule has 0 bridgehead atoms. The fourth-order valence-electron chi connectivity index (χ4n) is 3.27. The average molecular weight is 441 g/mol. The Morgan fingerprint density at radius 1 is 0.933 bits per heavy atom. The zero-order chi connectivity index (χ0) is 21.3. The van der Waals surface area contributed by atoms with E-state index in [1.54, 1.807) is 44.4 Å². The first-order valence-corrected chi connectivity index (χ1v) is 10.0. The monoisotopic (exact) mass is 440 g/mol. The van der Waals surface area contributed by atoms with Crippen molar-refractivity contribution in [3.63, 3.8) is 0 Å². The van der Waals surface area contributed by atoms with E-state index in [0.717, 1.165) is 16.9 Å². The molecule has 0 N–H and O–H groups in total. The van der Waals surface area contributed by atoms with E-state index in [-0.39, 0.29) is 12.0 Å². The summed E-state index contributed by atoms with van der Waals surface area (Å²) in [5, 5.41) is 1.59. The molecule has 0 spiro atoms. The van der Waals surface area contributed by atoms with Crippen molar-refractivity contribution in [1.29, 1.82) is 0 Å². The van der Waals surface area contributed by atoms with Crippen LogP contribution < -0.4 is 14.9 Å². The first-order chi connectivity index (χ1) is 14.5. The number of halogens is 2. The van der Waals surface area contributed by atoms with E-state index in [2.05, 4.69) is 0 Å². The number of fused-ring (bicyclic) bond motifs is 1. The van der Waals surface area contributed by atoms with Crippen molar-refractivity contribution >= 4 is 34.2 Å². The molecule has 30 heavy (non-hydrogen) atoms. The number of rotatable bonds is 5. The van der Waals surface area contributed by atoms with E-state index in [0.29, 0.717) is 38.1 Å². The number of hydrogen-bond donors (Lipinski definition) is 0. The highest BCUT2D eigenvalue weighted by Crippen LogP contribution is 2.28. The van der Waals surface area contributed by atoms with Crippen LogP contribution in [0, 0.1) is 6.92 Å². The first kappa shape index (κ1) is 20.3. The summed E-state index contributed by atoms with van der Waals surface area (Å²) in [5.74, 6) is 1.84. The quantitative estimate of drug-likeness (QED) is 0.347. The van der Waals surface area contributed by atoms with Gasteiger partial charge < -0.3 is 13.9 Å². The first-order valence-electron chi connectivity index (χ1n) is 9.25. The second-order valence-electron chi connectivity index (χ2n) is 6.77. The molecule has 0 unspecified atom stereocenters. The van der Waals surface area contributed by atoms with Gasteiger partial charge in [-0.15, -0.1) is 0 Å². The molecule has 1 aromatic heterocycles. The van der Waals surface area contributed by atoms with Crippen LogP contribution in [0.1, 0.15) is 11.3 Å². The summed E-state index contributed by atoms with van der Waals surface area (Å²) in [6.07, 6.45) is 0. The Labute approximate surface area is 183 Å². The van der Waals surface area contributed by atoms with Crippen molar-refractivity contribution in [3.05, 3.63) is 92.3 Å². The number of hydrogen-bond acceptors (Lipinski definition) is 4. The van der Waals surface area contributed by atoms with E-state index in [1.165, 1.54) is 0 Å². The zero-order valence-electron chi connectivity index (χ0n) is 16.4. The molecular formula is C24H18Cl2O4. The van der Waals surface area contributed by atoms with Crippen molar-refractivity contribution in [2.24, 2.45) is 0 Å². The number of aryl methyl sites for hydroxylation is 1. The van der Waals surface area contributed by atoms with Crippen LogP contribution >= 0.6 is 23.2 Å². The van der Waals surface area contributed by atoms with Crippen molar-refractivity contribution in [3.8, 4) is 22.6 Å². The van der Waals surface area contributed by atoms with Gasteiger partial charge >= 0.3 is 0 Å². The van der Waals surface area contributed by atoms with E-state index < -0.39 is 0 Å². The SMILES string of the molecule is COc1ccc(-c2c(C)oc3cc(OCc4ccc(Cl)cc4Cl)ccc3c2=O)cc1. The number of ether oxygens (including phenoxy) is 2. The average Bonchev–Trinajstić information content (AvgIpc) is 2.73. The number of benzene rings is 3. The molecule has 0 aliphatic carbocycles. The highest BCUT2D eigenvalue weighted by atomic mass is 35.5. The Morgan fingerprint density at radius 3 is 2.37 bits per heavy atom. The lowest BCUT2D eigenvalue weighted by atomic mass is 10.0. The van der Waals surface area contributed by atoms with Crippen molar-refractivity contribution in [1.82, 2.24) is 0 Å². The maximum atomic E-state index is 13.1. The highest BCUT2D eigenvalue weighted by Gasteiger charge is 2.14. The predicted molar refractivity (Wildman–Crippen MR) is 120 cm³/mol. The largest absolute Gasteiger partial charge is 0.497 e. The standard InChI is InChI=1S/C24H18Cl2O4/c1-14-23(15-4-7-18(28-2)8-5-15)24(27)20-10-9-19(12-22(20)30-14)29-13-16-3-6-17(25)11-21(16)26/h3-12H,13H2,1-2H3. The Hall–Kier alpha value is -2.95. The van der Waals surface area contributed by atoms with Gasteiger partial charge in [-0.05, 0) is 48.9 Å². The molecule has 0 amide bonds. The third-order valence-electron chi connectivity index (χ3n) is 4.83. The molecule has 152 valence electrons. The molecule has 0 aliphatic heterocycles. The molecule has 0 atom stereocenters. The highest BCUT2D eigenvalue weighted by molar-refractivity contribution is 6.35.